The number of aliphatic hydroxyl groups excluding tert-OH is 3. The molecule has 0 saturated carbocycles. The highest BCUT2D eigenvalue weighted by molar-refractivity contribution is 5.86. The molecule has 0 aliphatic carbocycles. The number of carbonyl (C=O) groups is 3. The molecule has 154 valence electrons. The Morgan fingerprint density at radius 1 is 1.25 bits per heavy atom. The van der Waals surface area contributed by atoms with Gasteiger partial charge in [0.2, 0.25) is 6.29 Å². The van der Waals surface area contributed by atoms with Gasteiger partial charge in [-0.1, -0.05) is 0 Å². The molecule has 0 bridgehead atoms. The van der Waals surface area contributed by atoms with Crippen molar-refractivity contribution in [1.82, 2.24) is 0 Å². The van der Waals surface area contributed by atoms with Gasteiger partial charge in [-0.2, -0.15) is 4.57 Å². The second-order valence-corrected chi connectivity index (χ2v) is 6.18. The summed E-state index contributed by atoms with van der Waals surface area (Å²) in [4.78, 5) is 34.7. The van der Waals surface area contributed by atoms with Crippen molar-refractivity contribution < 1.29 is 54.0 Å². The average Bonchev–Trinajstić information content (AvgIpc) is 2.93. The first kappa shape index (κ1) is 21.7. The van der Waals surface area contributed by atoms with Crippen molar-refractivity contribution >= 4 is 17.9 Å². The normalized spacial score (nSPS) is 26.4. The maximum atomic E-state index is 12.1. The molecule has 12 heteroatoms. The molecule has 7 N–H and O–H groups in total. The van der Waals surface area contributed by atoms with Crippen molar-refractivity contribution in [1.29, 1.82) is 0 Å². The van der Waals surface area contributed by atoms with Crippen LogP contribution in [-0.2, 0) is 19.1 Å². The lowest BCUT2D eigenvalue weighted by atomic mass is 10.1. The van der Waals surface area contributed by atoms with Crippen molar-refractivity contribution in [3.8, 4) is 0 Å². The van der Waals surface area contributed by atoms with Gasteiger partial charge in [0, 0.05) is 12.5 Å². The van der Waals surface area contributed by atoms with Crippen LogP contribution in [0.5, 0.6) is 0 Å². The van der Waals surface area contributed by atoms with E-state index >= 15 is 0 Å². The predicted octanol–water partition coefficient (Wildman–Crippen LogP) is -3.00. The third kappa shape index (κ3) is 4.79. The van der Waals surface area contributed by atoms with Crippen molar-refractivity contribution in [3.63, 3.8) is 0 Å². The summed E-state index contributed by atoms with van der Waals surface area (Å²) >= 11 is 0. The summed E-state index contributed by atoms with van der Waals surface area (Å²) in [6.45, 7) is -0.615. The monoisotopic (exact) mass is 401 g/mol. The first-order valence-corrected chi connectivity index (χ1v) is 8.21. The van der Waals surface area contributed by atoms with Gasteiger partial charge in [0.1, 0.15) is 29.9 Å². The molecule has 1 aromatic heterocycles. The molecule has 0 amide bonds. The molecule has 0 aromatic carbocycles. The number of rotatable bonds is 8. The van der Waals surface area contributed by atoms with Crippen molar-refractivity contribution in [2.45, 2.75) is 43.1 Å². The number of carboxylic acid groups (broad SMARTS) is 2. The number of aromatic carboxylic acids is 1. The standard InChI is InChI=1S/C16H20N2O10/c17-8(15(26)28-16-12(21)11(20)10(6-19)27-16)4-9(14(24)25)18-3-1-2-7(5-18)13(22)23/h1-3,5,8-12,16,19-21H,4,6,17H2,(H-,22,23,24,25)/p+1/t8?,9?,10-,11-,12-,16-/m1/s1. The van der Waals surface area contributed by atoms with Crippen molar-refractivity contribution in [2.24, 2.45) is 5.73 Å². The van der Waals surface area contributed by atoms with E-state index in [9.17, 15) is 29.7 Å². The molecule has 0 spiro atoms. The zero-order valence-corrected chi connectivity index (χ0v) is 14.5. The zero-order valence-electron chi connectivity index (χ0n) is 14.5. The van der Waals surface area contributed by atoms with Crippen LogP contribution in [0.25, 0.3) is 0 Å². The highest BCUT2D eigenvalue weighted by Crippen LogP contribution is 2.22. The Kier molecular flexibility index (Phi) is 6.99. The lowest BCUT2D eigenvalue weighted by Gasteiger charge is -2.19. The number of aromatic nitrogens is 1. The van der Waals surface area contributed by atoms with Crippen LogP contribution in [0.4, 0.5) is 0 Å². The Morgan fingerprint density at radius 3 is 2.46 bits per heavy atom. The smallest absolute Gasteiger partial charge is 0.373 e. The number of pyridine rings is 1. The van der Waals surface area contributed by atoms with Crippen molar-refractivity contribution in [2.75, 3.05) is 6.61 Å². The number of carbonyl (C=O) groups excluding carboxylic acids is 1. The zero-order chi connectivity index (χ0) is 21.0. The van der Waals surface area contributed by atoms with Crippen LogP contribution in [0.3, 0.4) is 0 Å². The van der Waals surface area contributed by atoms with Gasteiger partial charge in [-0.3, -0.25) is 4.79 Å². The summed E-state index contributed by atoms with van der Waals surface area (Å²) in [5.74, 6) is -3.72. The fourth-order valence-corrected chi connectivity index (χ4v) is 2.66. The molecule has 1 aromatic rings. The highest BCUT2D eigenvalue weighted by Gasteiger charge is 2.45. The van der Waals surface area contributed by atoms with Gasteiger partial charge >= 0.3 is 17.9 Å². The third-order valence-corrected chi connectivity index (χ3v) is 4.22. The number of aliphatic hydroxyl groups is 3. The van der Waals surface area contributed by atoms with E-state index in [2.05, 4.69) is 0 Å². The van der Waals surface area contributed by atoms with Crippen LogP contribution in [0.2, 0.25) is 0 Å². The molecule has 12 nitrogen and oxygen atoms in total. The third-order valence-electron chi connectivity index (χ3n) is 4.22. The Labute approximate surface area is 158 Å². The second kappa shape index (κ2) is 9.03. The van der Waals surface area contributed by atoms with E-state index in [0.29, 0.717) is 0 Å². The minimum Gasteiger partial charge on any atom is -0.477 e. The molecule has 2 unspecified atom stereocenters. The van der Waals surface area contributed by atoms with Crippen LogP contribution >= 0.6 is 0 Å². The Bertz CT molecular complexity index is 742. The SMILES string of the molecule is NC(CC(C(=O)O)[n+]1cccc(C(=O)O)c1)C(=O)O[C@H]1O[C@H](CO)[C@@H](O)[C@H]1O. The fraction of sp³-hybridized carbons (Fsp3) is 0.500. The number of esters is 1. The second-order valence-electron chi connectivity index (χ2n) is 6.18. The van der Waals surface area contributed by atoms with E-state index in [4.69, 9.17) is 25.4 Å². The summed E-state index contributed by atoms with van der Waals surface area (Å²) < 4.78 is 11.0. The molecule has 6 atom stereocenters. The molecule has 1 saturated heterocycles. The van der Waals surface area contributed by atoms with Gasteiger partial charge in [0.25, 0.3) is 6.04 Å². The van der Waals surface area contributed by atoms with Crippen LogP contribution in [0.15, 0.2) is 24.5 Å². The van der Waals surface area contributed by atoms with Gasteiger partial charge in [0.05, 0.1) is 6.61 Å². The number of ether oxygens (including phenoxy) is 2. The summed E-state index contributed by atoms with van der Waals surface area (Å²) in [7, 11) is 0. The molecule has 0 radical (unpaired) electrons. The van der Waals surface area contributed by atoms with Crippen LogP contribution < -0.4 is 10.3 Å². The molecular formula is C16H21N2O10+. The van der Waals surface area contributed by atoms with Gasteiger partial charge in [0.15, 0.2) is 12.4 Å². The Balaban J connectivity index is 2.07. The Morgan fingerprint density at radius 2 is 1.93 bits per heavy atom. The van der Waals surface area contributed by atoms with Crippen molar-refractivity contribution in [3.05, 3.63) is 30.1 Å². The largest absolute Gasteiger partial charge is 0.477 e. The predicted molar refractivity (Wildman–Crippen MR) is 86.7 cm³/mol. The first-order valence-electron chi connectivity index (χ1n) is 8.21. The molecular weight excluding hydrogens is 380 g/mol. The van der Waals surface area contributed by atoms with Crippen LogP contribution in [0, 0.1) is 0 Å². The van der Waals surface area contributed by atoms with E-state index in [1.807, 2.05) is 0 Å². The van der Waals surface area contributed by atoms with Gasteiger partial charge in [-0.25, -0.2) is 9.59 Å². The van der Waals surface area contributed by atoms with E-state index in [1.54, 1.807) is 0 Å². The Hall–Kier alpha value is -2.64. The lowest BCUT2D eigenvalue weighted by Crippen LogP contribution is -2.49. The first-order chi connectivity index (χ1) is 13.1. The number of hydrogen-bond acceptors (Lipinski definition) is 9. The number of nitrogens with zero attached hydrogens (tertiary/aromatic N) is 1. The minimum absolute atomic E-state index is 0.156. The van der Waals surface area contributed by atoms with Crippen LogP contribution in [-0.4, -0.2) is 80.7 Å². The summed E-state index contributed by atoms with van der Waals surface area (Å²) in [5.41, 5.74) is 5.54. The molecule has 28 heavy (non-hydrogen) atoms. The summed E-state index contributed by atoms with van der Waals surface area (Å²) in [5, 5.41) is 46.8. The van der Waals surface area contributed by atoms with Gasteiger partial charge in [-0.15, -0.1) is 0 Å². The number of aliphatic carboxylic acids is 1. The van der Waals surface area contributed by atoms with E-state index in [0.717, 1.165) is 10.8 Å². The van der Waals surface area contributed by atoms with Gasteiger partial charge in [-0.05, 0) is 6.07 Å². The summed E-state index contributed by atoms with van der Waals surface area (Å²) in [6, 6.07) is -0.217. The maximum Gasteiger partial charge on any atom is 0.373 e. The number of hydrogen-bond donors (Lipinski definition) is 6. The van der Waals surface area contributed by atoms with E-state index in [1.165, 1.54) is 18.3 Å². The molecule has 1 aliphatic heterocycles. The highest BCUT2D eigenvalue weighted by atomic mass is 16.7. The average molecular weight is 401 g/mol. The van der Waals surface area contributed by atoms with E-state index < -0.39 is 67.6 Å². The molecule has 1 aliphatic rings. The van der Waals surface area contributed by atoms with Crippen LogP contribution in [0.1, 0.15) is 22.8 Å². The molecule has 2 rings (SSSR count). The molecule has 2 heterocycles. The summed E-state index contributed by atoms with van der Waals surface area (Å²) in [6.07, 6.45) is -3.84. The van der Waals surface area contributed by atoms with E-state index in [-0.39, 0.29) is 5.56 Å². The topological polar surface area (TPSA) is 201 Å². The minimum atomic E-state index is -1.61. The van der Waals surface area contributed by atoms with Gasteiger partial charge < -0.3 is 40.7 Å². The fourth-order valence-electron chi connectivity index (χ4n) is 2.66. The number of nitrogens with two attached hydrogens (primary N) is 1. The maximum absolute atomic E-state index is 12.1. The molecule has 1 fully saturated rings. The number of carboxylic acids is 2. The lowest BCUT2D eigenvalue weighted by molar-refractivity contribution is -0.711. The quantitative estimate of drug-likeness (QED) is 0.191.